The molecular weight excluding hydrogens is 294 g/mol. The first kappa shape index (κ1) is 15.5. The number of aromatic nitrogens is 2. The van der Waals surface area contributed by atoms with E-state index in [1.807, 2.05) is 31.2 Å². The van der Waals surface area contributed by atoms with E-state index < -0.39 is 0 Å². The van der Waals surface area contributed by atoms with Gasteiger partial charge in [-0.05, 0) is 18.9 Å². The molecule has 0 unspecified atom stereocenters. The third-order valence-corrected chi connectivity index (χ3v) is 4.11. The fraction of sp³-hybridized carbons (Fsp3) is 0.438. The number of hydrogen-bond acceptors (Lipinski definition) is 5. The van der Waals surface area contributed by atoms with Crippen molar-refractivity contribution >= 4 is 6.03 Å². The van der Waals surface area contributed by atoms with Crippen LogP contribution in [0.4, 0.5) is 4.79 Å². The first-order chi connectivity index (χ1) is 11.1. The molecule has 1 aromatic heterocycles. The number of nitrogens with zero attached hydrogens (tertiary/aromatic N) is 4. The summed E-state index contributed by atoms with van der Waals surface area (Å²) in [4.78, 5) is 19.6. The first-order valence-corrected chi connectivity index (χ1v) is 7.79. The molecule has 2 amide bonds. The van der Waals surface area contributed by atoms with Gasteiger partial charge in [-0.3, -0.25) is 4.90 Å². The summed E-state index contributed by atoms with van der Waals surface area (Å²) in [7, 11) is 0. The van der Waals surface area contributed by atoms with Crippen molar-refractivity contribution in [2.75, 3.05) is 26.2 Å². The molecule has 0 spiro atoms. The second kappa shape index (κ2) is 6.78. The van der Waals surface area contributed by atoms with Gasteiger partial charge in [-0.1, -0.05) is 29.4 Å². The van der Waals surface area contributed by atoms with E-state index >= 15 is 0 Å². The van der Waals surface area contributed by atoms with Crippen LogP contribution in [-0.4, -0.2) is 52.2 Å². The minimum atomic E-state index is -0.355. The summed E-state index contributed by atoms with van der Waals surface area (Å²) in [5.74, 6) is 1.21. The maximum atomic E-state index is 11.3. The number of carbonyl (C=O) groups is 1. The molecular formula is C16H21N5O2. The molecule has 1 aromatic carbocycles. The van der Waals surface area contributed by atoms with Gasteiger partial charge in [0.15, 0.2) is 0 Å². The third kappa shape index (κ3) is 3.68. The smallest absolute Gasteiger partial charge is 0.314 e. The van der Waals surface area contributed by atoms with Gasteiger partial charge < -0.3 is 15.2 Å². The molecule has 2 N–H and O–H groups in total. The Balaban J connectivity index is 1.65. The van der Waals surface area contributed by atoms with E-state index in [4.69, 9.17) is 10.3 Å². The second-order valence-electron chi connectivity index (χ2n) is 5.78. The van der Waals surface area contributed by atoms with Crippen molar-refractivity contribution in [2.24, 2.45) is 5.73 Å². The van der Waals surface area contributed by atoms with Crippen LogP contribution in [0.2, 0.25) is 0 Å². The summed E-state index contributed by atoms with van der Waals surface area (Å²) in [6.07, 6.45) is 0.891. The van der Waals surface area contributed by atoms with Crippen LogP contribution in [0.3, 0.4) is 0 Å². The van der Waals surface area contributed by atoms with Crippen LogP contribution in [0.1, 0.15) is 17.9 Å². The van der Waals surface area contributed by atoms with Crippen LogP contribution in [0.5, 0.6) is 0 Å². The molecule has 2 heterocycles. The van der Waals surface area contributed by atoms with Gasteiger partial charge in [0.2, 0.25) is 11.7 Å². The fourth-order valence-electron chi connectivity index (χ4n) is 2.79. The van der Waals surface area contributed by atoms with Gasteiger partial charge in [-0.2, -0.15) is 4.98 Å². The van der Waals surface area contributed by atoms with Crippen molar-refractivity contribution in [3.63, 3.8) is 0 Å². The summed E-state index contributed by atoms with van der Waals surface area (Å²) in [5, 5.41) is 4.08. The Morgan fingerprint density at radius 2 is 2.09 bits per heavy atom. The van der Waals surface area contributed by atoms with E-state index in [9.17, 15) is 4.79 Å². The Bertz CT molecular complexity index is 685. The number of urea groups is 1. The molecule has 7 nitrogen and oxygen atoms in total. The van der Waals surface area contributed by atoms with Gasteiger partial charge in [-0.25, -0.2) is 4.79 Å². The largest absolute Gasteiger partial charge is 0.351 e. The second-order valence-corrected chi connectivity index (χ2v) is 5.78. The topological polar surface area (TPSA) is 88.5 Å². The molecule has 1 aliphatic heterocycles. The molecule has 0 radical (unpaired) electrons. The molecule has 0 saturated carbocycles. The summed E-state index contributed by atoms with van der Waals surface area (Å²) in [6, 6.07) is 7.61. The van der Waals surface area contributed by atoms with Crippen LogP contribution in [0.25, 0.3) is 11.4 Å². The maximum absolute atomic E-state index is 11.3. The van der Waals surface area contributed by atoms with Crippen molar-refractivity contribution in [3.05, 3.63) is 35.7 Å². The Hall–Kier alpha value is -2.41. The zero-order chi connectivity index (χ0) is 16.2. The van der Waals surface area contributed by atoms with Crippen molar-refractivity contribution in [1.82, 2.24) is 19.9 Å². The Morgan fingerprint density at radius 1 is 1.26 bits per heavy atom. The molecule has 1 aliphatic rings. The highest BCUT2D eigenvalue weighted by Crippen LogP contribution is 2.20. The quantitative estimate of drug-likeness (QED) is 0.930. The van der Waals surface area contributed by atoms with E-state index in [1.165, 1.54) is 0 Å². The summed E-state index contributed by atoms with van der Waals surface area (Å²) in [5.41, 5.74) is 7.45. The molecule has 122 valence electrons. The minimum Gasteiger partial charge on any atom is -0.351 e. The summed E-state index contributed by atoms with van der Waals surface area (Å²) in [6.45, 7) is 5.58. The maximum Gasteiger partial charge on any atom is 0.314 e. The zero-order valence-electron chi connectivity index (χ0n) is 13.2. The predicted octanol–water partition coefficient (Wildman–Crippen LogP) is 1.63. The fourth-order valence-corrected chi connectivity index (χ4v) is 2.79. The average Bonchev–Trinajstić information content (AvgIpc) is 2.85. The van der Waals surface area contributed by atoms with Crippen molar-refractivity contribution in [1.29, 1.82) is 0 Å². The lowest BCUT2D eigenvalue weighted by Gasteiger charge is -2.18. The van der Waals surface area contributed by atoms with Crippen molar-refractivity contribution in [2.45, 2.75) is 19.9 Å². The van der Waals surface area contributed by atoms with Crippen LogP contribution < -0.4 is 5.73 Å². The monoisotopic (exact) mass is 315 g/mol. The lowest BCUT2D eigenvalue weighted by Crippen LogP contribution is -2.38. The van der Waals surface area contributed by atoms with E-state index in [2.05, 4.69) is 15.0 Å². The van der Waals surface area contributed by atoms with Gasteiger partial charge in [0.1, 0.15) is 0 Å². The van der Waals surface area contributed by atoms with Crippen LogP contribution >= 0.6 is 0 Å². The molecule has 1 saturated heterocycles. The number of hydrogen-bond donors (Lipinski definition) is 1. The van der Waals surface area contributed by atoms with E-state index in [0.29, 0.717) is 31.3 Å². The lowest BCUT2D eigenvalue weighted by atomic mass is 10.1. The number of nitrogens with two attached hydrogens (primary N) is 1. The first-order valence-electron chi connectivity index (χ1n) is 7.79. The van der Waals surface area contributed by atoms with Crippen LogP contribution in [-0.2, 0) is 6.54 Å². The average molecular weight is 315 g/mol. The molecule has 0 bridgehead atoms. The Morgan fingerprint density at radius 3 is 2.87 bits per heavy atom. The molecule has 3 rings (SSSR count). The molecule has 23 heavy (non-hydrogen) atoms. The van der Waals surface area contributed by atoms with Crippen molar-refractivity contribution < 1.29 is 9.32 Å². The van der Waals surface area contributed by atoms with E-state index in [-0.39, 0.29) is 6.03 Å². The van der Waals surface area contributed by atoms with Gasteiger partial charge in [0, 0.05) is 31.7 Å². The predicted molar refractivity (Wildman–Crippen MR) is 85.5 cm³/mol. The summed E-state index contributed by atoms with van der Waals surface area (Å²) >= 11 is 0. The third-order valence-electron chi connectivity index (χ3n) is 4.11. The van der Waals surface area contributed by atoms with Gasteiger partial charge >= 0.3 is 6.03 Å². The normalized spacial score (nSPS) is 16.3. The molecule has 0 atom stereocenters. The highest BCUT2D eigenvalue weighted by molar-refractivity contribution is 5.71. The molecule has 0 aliphatic carbocycles. The number of primary amides is 1. The zero-order valence-corrected chi connectivity index (χ0v) is 13.2. The van der Waals surface area contributed by atoms with E-state index in [0.717, 1.165) is 30.6 Å². The SMILES string of the molecule is Cc1ccccc1-c1noc(CN2CCCN(C(N)=O)CC2)n1. The molecule has 7 heteroatoms. The number of amides is 2. The number of carbonyl (C=O) groups excluding carboxylic acids is 1. The number of benzene rings is 1. The van der Waals surface area contributed by atoms with Gasteiger partial charge in [0.05, 0.1) is 6.54 Å². The molecule has 1 fully saturated rings. The lowest BCUT2D eigenvalue weighted by molar-refractivity contribution is 0.204. The highest BCUT2D eigenvalue weighted by Gasteiger charge is 2.19. The van der Waals surface area contributed by atoms with Gasteiger partial charge in [-0.15, -0.1) is 0 Å². The van der Waals surface area contributed by atoms with E-state index in [1.54, 1.807) is 4.90 Å². The minimum absolute atomic E-state index is 0.355. The number of aryl methyl sites for hydroxylation is 1. The van der Waals surface area contributed by atoms with Crippen LogP contribution in [0.15, 0.2) is 28.8 Å². The highest BCUT2D eigenvalue weighted by atomic mass is 16.5. The molecule has 2 aromatic rings. The van der Waals surface area contributed by atoms with Crippen molar-refractivity contribution in [3.8, 4) is 11.4 Å². The number of rotatable bonds is 3. The van der Waals surface area contributed by atoms with Gasteiger partial charge in [0.25, 0.3) is 0 Å². The van der Waals surface area contributed by atoms with Crippen LogP contribution in [0, 0.1) is 6.92 Å². The standard InChI is InChI=1S/C16H21N5O2/c1-12-5-2-3-6-13(12)15-18-14(23-19-15)11-20-7-4-8-21(10-9-20)16(17)22/h2-3,5-6H,4,7-11H2,1H3,(H2,17,22). The summed E-state index contributed by atoms with van der Waals surface area (Å²) < 4.78 is 5.38. The Kier molecular flexibility index (Phi) is 4.57. The Labute approximate surface area is 135 Å².